The molecule has 162 valence electrons. The number of guanidine groups is 1. The molecule has 11 heteroatoms. The Labute approximate surface area is 177 Å². The molecule has 1 aromatic carbocycles. The number of ether oxygens (including phenoxy) is 1. The Morgan fingerprint density at radius 1 is 1.32 bits per heavy atom. The molecule has 2 rings (SSSR count). The molecule has 0 aliphatic rings. The lowest BCUT2D eigenvalue weighted by Crippen LogP contribution is -2.38. The van der Waals surface area contributed by atoms with Gasteiger partial charge in [-0.3, -0.25) is 19.9 Å². The third-order valence-corrected chi connectivity index (χ3v) is 4.00. The molecular weight excluding hydrogens is 407 g/mol. The van der Waals surface area contributed by atoms with Gasteiger partial charge in [-0.2, -0.15) is 0 Å². The molecule has 0 aliphatic carbocycles. The summed E-state index contributed by atoms with van der Waals surface area (Å²) in [6.07, 6.45) is 2.48. The summed E-state index contributed by atoms with van der Waals surface area (Å²) in [6.45, 7) is -0.255. The standard InChI is InChI=1S/C20H21FN6O4/c1-27(20(22)23)18(29)7-4-13-10-14(5-6-15(13)21)26-19(30)16-11-25-17(12-24-16)31-9-3-2-8-28/h5-6,10-12,28H,4,7-9H2,1H3,(H3,22,23)(H,26,30). The first-order valence-electron chi connectivity index (χ1n) is 9.03. The number of nitrogens with one attached hydrogen (secondary N) is 2. The molecule has 1 aromatic heterocycles. The van der Waals surface area contributed by atoms with E-state index in [1.54, 1.807) is 0 Å². The number of anilines is 1. The van der Waals surface area contributed by atoms with Gasteiger partial charge >= 0.3 is 0 Å². The molecule has 0 saturated carbocycles. The van der Waals surface area contributed by atoms with Crippen LogP contribution in [-0.2, 0) is 11.2 Å². The third-order valence-electron chi connectivity index (χ3n) is 4.00. The maximum atomic E-state index is 14.1. The predicted octanol–water partition coefficient (Wildman–Crippen LogP) is 0.527. The number of benzene rings is 1. The van der Waals surface area contributed by atoms with Gasteiger partial charge in [0.05, 0.1) is 12.4 Å². The van der Waals surface area contributed by atoms with E-state index in [2.05, 4.69) is 27.1 Å². The van der Waals surface area contributed by atoms with Crippen LogP contribution in [0.5, 0.6) is 5.88 Å². The lowest BCUT2D eigenvalue weighted by atomic mass is 10.1. The number of halogens is 1. The summed E-state index contributed by atoms with van der Waals surface area (Å²) in [5, 5.41) is 18.4. The molecular formula is C20H21FN6O4. The molecule has 0 spiro atoms. The van der Waals surface area contributed by atoms with Crippen molar-refractivity contribution in [1.29, 1.82) is 5.41 Å². The van der Waals surface area contributed by atoms with E-state index in [0.717, 1.165) is 4.90 Å². The number of aliphatic hydroxyl groups excluding tert-OH is 1. The number of aryl methyl sites for hydroxylation is 1. The van der Waals surface area contributed by atoms with Crippen LogP contribution in [0.3, 0.4) is 0 Å². The van der Waals surface area contributed by atoms with Gasteiger partial charge in [-0.05, 0) is 30.2 Å². The first-order valence-corrected chi connectivity index (χ1v) is 9.03. The number of carbonyl (C=O) groups excluding carboxylic acids is 2. The van der Waals surface area contributed by atoms with Crippen molar-refractivity contribution in [3.05, 3.63) is 47.7 Å². The first kappa shape index (κ1) is 23.2. The minimum Gasteiger partial charge on any atom is -0.463 e. The average molecular weight is 428 g/mol. The van der Waals surface area contributed by atoms with Crippen LogP contribution >= 0.6 is 0 Å². The summed E-state index contributed by atoms with van der Waals surface area (Å²) in [6, 6.07) is 3.98. The van der Waals surface area contributed by atoms with Gasteiger partial charge in [0.25, 0.3) is 5.91 Å². The zero-order chi connectivity index (χ0) is 22.8. The normalized spacial score (nSPS) is 9.90. The number of hydrogen-bond donors (Lipinski definition) is 4. The summed E-state index contributed by atoms with van der Waals surface area (Å²) in [5.74, 6) is 3.21. The number of amides is 2. The smallest absolute Gasteiger partial charge is 0.275 e. The van der Waals surface area contributed by atoms with Gasteiger partial charge in [0, 0.05) is 19.2 Å². The molecule has 0 radical (unpaired) electrons. The number of nitrogens with zero attached hydrogens (tertiary/aromatic N) is 3. The minimum atomic E-state index is -0.566. The van der Waals surface area contributed by atoms with E-state index in [4.69, 9.17) is 21.0 Å². The molecule has 31 heavy (non-hydrogen) atoms. The Bertz CT molecular complexity index is 1020. The molecule has 5 N–H and O–H groups in total. The van der Waals surface area contributed by atoms with Crippen LogP contribution in [0.1, 0.15) is 22.5 Å². The molecule has 2 amide bonds. The Hall–Kier alpha value is -4.04. The van der Waals surface area contributed by atoms with Crippen molar-refractivity contribution in [2.75, 3.05) is 25.6 Å². The van der Waals surface area contributed by atoms with E-state index in [0.29, 0.717) is 5.69 Å². The Balaban J connectivity index is 1.99. The second kappa shape index (κ2) is 11.2. The van der Waals surface area contributed by atoms with E-state index in [9.17, 15) is 14.0 Å². The highest BCUT2D eigenvalue weighted by atomic mass is 19.1. The Morgan fingerprint density at radius 3 is 2.74 bits per heavy atom. The van der Waals surface area contributed by atoms with Gasteiger partial charge in [0.2, 0.25) is 11.8 Å². The number of nitrogens with two attached hydrogens (primary N) is 1. The van der Waals surface area contributed by atoms with E-state index >= 15 is 0 Å². The van der Waals surface area contributed by atoms with E-state index in [1.807, 2.05) is 0 Å². The molecule has 0 atom stereocenters. The molecule has 0 unspecified atom stereocenters. The lowest BCUT2D eigenvalue weighted by molar-refractivity contribution is -0.126. The lowest BCUT2D eigenvalue weighted by Gasteiger charge is -2.14. The average Bonchev–Trinajstić information content (AvgIpc) is 2.76. The van der Waals surface area contributed by atoms with E-state index in [1.165, 1.54) is 37.6 Å². The molecule has 0 saturated heterocycles. The second-order valence-corrected chi connectivity index (χ2v) is 6.14. The maximum Gasteiger partial charge on any atom is 0.275 e. The van der Waals surface area contributed by atoms with Crippen molar-refractivity contribution in [3.63, 3.8) is 0 Å². The van der Waals surface area contributed by atoms with Crippen molar-refractivity contribution in [2.24, 2.45) is 5.73 Å². The molecule has 0 aliphatic heterocycles. The molecule has 0 fully saturated rings. The zero-order valence-corrected chi connectivity index (χ0v) is 16.7. The topological polar surface area (TPSA) is 155 Å². The molecule has 2 aromatic rings. The maximum absolute atomic E-state index is 14.1. The zero-order valence-electron chi connectivity index (χ0n) is 16.7. The molecule has 0 bridgehead atoms. The number of hydrogen-bond acceptors (Lipinski definition) is 7. The third kappa shape index (κ3) is 7.06. The van der Waals surface area contributed by atoms with Crippen molar-refractivity contribution in [3.8, 4) is 17.7 Å². The van der Waals surface area contributed by atoms with E-state index in [-0.39, 0.29) is 43.2 Å². The summed E-state index contributed by atoms with van der Waals surface area (Å²) in [4.78, 5) is 33.1. The monoisotopic (exact) mass is 428 g/mol. The summed E-state index contributed by atoms with van der Waals surface area (Å²) in [5.41, 5.74) is 5.80. The van der Waals surface area contributed by atoms with E-state index < -0.39 is 23.6 Å². The quantitative estimate of drug-likeness (QED) is 0.285. The van der Waals surface area contributed by atoms with Gasteiger partial charge in [-0.25, -0.2) is 14.4 Å². The largest absolute Gasteiger partial charge is 0.463 e. The summed E-state index contributed by atoms with van der Waals surface area (Å²) >= 11 is 0. The highest BCUT2D eigenvalue weighted by molar-refractivity contribution is 6.02. The second-order valence-electron chi connectivity index (χ2n) is 6.14. The minimum absolute atomic E-state index is 0.0120. The van der Waals surface area contributed by atoms with Gasteiger partial charge in [0.15, 0.2) is 12.6 Å². The van der Waals surface area contributed by atoms with Crippen LogP contribution in [0.2, 0.25) is 0 Å². The molecule has 1 heterocycles. The van der Waals surface area contributed by atoms with Crippen LogP contribution in [0.4, 0.5) is 10.1 Å². The first-order chi connectivity index (χ1) is 14.8. The van der Waals surface area contributed by atoms with Crippen molar-refractivity contribution < 1.29 is 23.8 Å². The number of rotatable bonds is 7. The van der Waals surface area contributed by atoms with Gasteiger partial charge < -0.3 is 20.9 Å². The fraction of sp³-hybridized carbons (Fsp3) is 0.250. The van der Waals surface area contributed by atoms with Crippen molar-refractivity contribution >= 4 is 23.5 Å². The van der Waals surface area contributed by atoms with Gasteiger partial charge in [-0.15, -0.1) is 0 Å². The van der Waals surface area contributed by atoms with Crippen LogP contribution in [0.25, 0.3) is 0 Å². The highest BCUT2D eigenvalue weighted by Crippen LogP contribution is 2.17. The summed E-state index contributed by atoms with van der Waals surface area (Å²) in [7, 11) is 1.36. The van der Waals surface area contributed by atoms with Crippen molar-refractivity contribution in [2.45, 2.75) is 12.8 Å². The van der Waals surface area contributed by atoms with Crippen LogP contribution < -0.4 is 15.8 Å². The number of aromatic nitrogens is 2. The van der Waals surface area contributed by atoms with Gasteiger partial charge in [0.1, 0.15) is 18.1 Å². The predicted molar refractivity (Wildman–Crippen MR) is 110 cm³/mol. The Kier molecular flexibility index (Phi) is 8.41. The molecule has 10 nitrogen and oxygen atoms in total. The number of aliphatic hydroxyl groups is 1. The van der Waals surface area contributed by atoms with Crippen LogP contribution in [0, 0.1) is 23.1 Å². The summed E-state index contributed by atoms with van der Waals surface area (Å²) < 4.78 is 19.3. The SMILES string of the molecule is CN(C(=N)N)C(=O)CCc1cc(NC(=O)c2cnc(OCC#CCO)cn2)ccc1F. The van der Waals surface area contributed by atoms with Crippen LogP contribution in [-0.4, -0.2) is 58.0 Å². The Morgan fingerprint density at radius 2 is 2.10 bits per heavy atom. The van der Waals surface area contributed by atoms with Crippen molar-refractivity contribution in [1.82, 2.24) is 14.9 Å². The number of carbonyl (C=O) groups is 2. The van der Waals surface area contributed by atoms with Crippen LogP contribution in [0.15, 0.2) is 30.6 Å². The fourth-order valence-electron chi connectivity index (χ4n) is 2.31. The fourth-order valence-corrected chi connectivity index (χ4v) is 2.31. The highest BCUT2D eigenvalue weighted by Gasteiger charge is 2.14. The van der Waals surface area contributed by atoms with Gasteiger partial charge in [-0.1, -0.05) is 11.8 Å².